The minimum atomic E-state index is -0.402. The van der Waals surface area contributed by atoms with Gasteiger partial charge in [0, 0.05) is 5.69 Å². The van der Waals surface area contributed by atoms with Crippen LogP contribution in [0.25, 0.3) is 11.1 Å². The van der Waals surface area contributed by atoms with E-state index in [-0.39, 0.29) is 17.6 Å². The lowest BCUT2D eigenvalue weighted by Gasteiger charge is -2.06. The summed E-state index contributed by atoms with van der Waals surface area (Å²) < 4.78 is 5.21. The molecule has 29 heavy (non-hydrogen) atoms. The van der Waals surface area contributed by atoms with Gasteiger partial charge in [0.15, 0.2) is 5.69 Å². The second-order valence-electron chi connectivity index (χ2n) is 6.63. The fourth-order valence-corrected chi connectivity index (χ4v) is 4.04. The SMILES string of the molecule is O=C(Nc1ccc2c(c1)Cc1ccccc1-2)c1coc(NC(=O)c2cccs2)n1. The summed E-state index contributed by atoms with van der Waals surface area (Å²) in [5.41, 5.74) is 5.67. The zero-order chi connectivity index (χ0) is 19.8. The second-order valence-corrected chi connectivity index (χ2v) is 7.58. The summed E-state index contributed by atoms with van der Waals surface area (Å²) in [6, 6.07) is 17.6. The molecule has 2 heterocycles. The van der Waals surface area contributed by atoms with Gasteiger partial charge in [0.2, 0.25) is 0 Å². The predicted octanol–water partition coefficient (Wildman–Crippen LogP) is 4.81. The summed E-state index contributed by atoms with van der Waals surface area (Å²) >= 11 is 1.31. The van der Waals surface area contributed by atoms with E-state index < -0.39 is 5.91 Å². The van der Waals surface area contributed by atoms with Crippen LogP contribution in [0, 0.1) is 0 Å². The maximum absolute atomic E-state index is 12.5. The molecule has 5 rings (SSSR count). The highest BCUT2D eigenvalue weighted by molar-refractivity contribution is 7.12. The van der Waals surface area contributed by atoms with Crippen molar-refractivity contribution in [1.29, 1.82) is 0 Å². The number of benzene rings is 2. The van der Waals surface area contributed by atoms with Crippen LogP contribution in [-0.4, -0.2) is 16.8 Å². The number of aromatic nitrogens is 1. The van der Waals surface area contributed by atoms with Crippen molar-refractivity contribution in [3.63, 3.8) is 0 Å². The van der Waals surface area contributed by atoms with Gasteiger partial charge in [0.25, 0.3) is 11.8 Å². The van der Waals surface area contributed by atoms with Gasteiger partial charge in [-0.15, -0.1) is 11.3 Å². The number of carbonyl (C=O) groups excluding carboxylic acids is 2. The largest absolute Gasteiger partial charge is 0.431 e. The van der Waals surface area contributed by atoms with Gasteiger partial charge in [-0.1, -0.05) is 36.4 Å². The molecule has 2 N–H and O–H groups in total. The topological polar surface area (TPSA) is 84.2 Å². The molecule has 7 heteroatoms. The number of thiophene rings is 1. The van der Waals surface area contributed by atoms with Gasteiger partial charge in [-0.2, -0.15) is 4.98 Å². The third kappa shape index (κ3) is 3.32. The molecular weight excluding hydrogens is 386 g/mol. The lowest BCUT2D eigenvalue weighted by molar-refractivity contribution is 0.101. The molecule has 0 bridgehead atoms. The van der Waals surface area contributed by atoms with Crippen LogP contribution in [0.2, 0.25) is 0 Å². The molecule has 0 saturated heterocycles. The van der Waals surface area contributed by atoms with Gasteiger partial charge in [0.1, 0.15) is 6.26 Å². The van der Waals surface area contributed by atoms with E-state index in [2.05, 4.69) is 27.8 Å². The average molecular weight is 401 g/mol. The fourth-order valence-electron chi connectivity index (χ4n) is 3.42. The Morgan fingerprint density at radius 1 is 0.931 bits per heavy atom. The minimum absolute atomic E-state index is 0.0158. The van der Waals surface area contributed by atoms with E-state index in [0.717, 1.165) is 6.42 Å². The highest BCUT2D eigenvalue weighted by atomic mass is 32.1. The first kappa shape index (κ1) is 17.4. The average Bonchev–Trinajstić information content (AvgIpc) is 3.47. The van der Waals surface area contributed by atoms with Gasteiger partial charge in [0.05, 0.1) is 4.88 Å². The van der Waals surface area contributed by atoms with Crippen molar-refractivity contribution in [2.45, 2.75) is 6.42 Å². The Labute approximate surface area is 170 Å². The lowest BCUT2D eigenvalue weighted by Crippen LogP contribution is -2.14. The van der Waals surface area contributed by atoms with Crippen LogP contribution in [0.1, 0.15) is 31.3 Å². The maximum atomic E-state index is 12.5. The summed E-state index contributed by atoms with van der Waals surface area (Å²) in [6.45, 7) is 0. The van der Waals surface area contributed by atoms with Crippen molar-refractivity contribution in [3.05, 3.63) is 87.9 Å². The van der Waals surface area contributed by atoms with Crippen molar-refractivity contribution in [2.24, 2.45) is 0 Å². The Morgan fingerprint density at radius 2 is 1.79 bits per heavy atom. The van der Waals surface area contributed by atoms with Crippen LogP contribution in [0.4, 0.5) is 11.7 Å². The third-order valence-electron chi connectivity index (χ3n) is 4.75. The summed E-state index contributed by atoms with van der Waals surface area (Å²) in [4.78, 5) is 29.2. The molecule has 0 saturated carbocycles. The molecule has 1 aliphatic carbocycles. The first-order chi connectivity index (χ1) is 14.2. The number of nitrogens with one attached hydrogen (secondary N) is 2. The van der Waals surface area contributed by atoms with E-state index in [4.69, 9.17) is 4.42 Å². The van der Waals surface area contributed by atoms with E-state index in [9.17, 15) is 9.59 Å². The molecule has 0 fully saturated rings. The number of hydrogen-bond acceptors (Lipinski definition) is 5. The number of carbonyl (C=O) groups is 2. The molecular formula is C22H15N3O3S. The number of nitrogens with zero attached hydrogens (tertiary/aromatic N) is 1. The van der Waals surface area contributed by atoms with Gasteiger partial charge >= 0.3 is 6.01 Å². The normalized spacial score (nSPS) is 11.6. The molecule has 0 atom stereocenters. The molecule has 4 aromatic rings. The molecule has 1 aliphatic rings. The molecule has 2 amide bonds. The molecule has 142 valence electrons. The number of oxazole rings is 1. The van der Waals surface area contributed by atoms with Crippen molar-refractivity contribution in [2.75, 3.05) is 10.6 Å². The van der Waals surface area contributed by atoms with E-state index in [0.29, 0.717) is 10.6 Å². The van der Waals surface area contributed by atoms with Crippen molar-refractivity contribution in [1.82, 2.24) is 4.98 Å². The van der Waals surface area contributed by atoms with Gasteiger partial charge in [-0.3, -0.25) is 14.9 Å². The fraction of sp³-hybridized carbons (Fsp3) is 0.0455. The van der Waals surface area contributed by atoms with Crippen LogP contribution in [0.15, 0.2) is 70.7 Å². The first-order valence-corrected chi connectivity index (χ1v) is 9.88. The Hall–Kier alpha value is -3.71. The highest BCUT2D eigenvalue weighted by Crippen LogP contribution is 2.37. The quantitative estimate of drug-likeness (QED) is 0.453. The van der Waals surface area contributed by atoms with Crippen LogP contribution >= 0.6 is 11.3 Å². The lowest BCUT2D eigenvalue weighted by atomic mass is 10.1. The number of hydrogen-bond donors (Lipinski definition) is 2. The summed E-state index contributed by atoms with van der Waals surface area (Å²) in [7, 11) is 0. The number of rotatable bonds is 4. The van der Waals surface area contributed by atoms with E-state index in [1.54, 1.807) is 17.5 Å². The Morgan fingerprint density at radius 3 is 2.66 bits per heavy atom. The minimum Gasteiger partial charge on any atom is -0.431 e. The van der Waals surface area contributed by atoms with E-state index >= 15 is 0 Å². The van der Waals surface area contributed by atoms with Crippen LogP contribution in [0.3, 0.4) is 0 Å². The first-order valence-electron chi connectivity index (χ1n) is 9.00. The zero-order valence-corrected chi connectivity index (χ0v) is 16.0. The molecule has 2 aromatic heterocycles. The van der Waals surface area contributed by atoms with E-state index in [1.165, 1.54) is 39.9 Å². The summed E-state index contributed by atoms with van der Waals surface area (Å²) in [5.74, 6) is -0.729. The predicted molar refractivity (Wildman–Crippen MR) is 111 cm³/mol. The van der Waals surface area contributed by atoms with Crippen LogP contribution in [-0.2, 0) is 6.42 Å². The Bertz CT molecular complexity index is 1230. The van der Waals surface area contributed by atoms with Crippen molar-refractivity contribution in [3.8, 4) is 11.1 Å². The maximum Gasteiger partial charge on any atom is 0.302 e. The van der Waals surface area contributed by atoms with Gasteiger partial charge in [-0.05, 0) is 52.3 Å². The Kier molecular flexibility index (Phi) is 4.22. The zero-order valence-electron chi connectivity index (χ0n) is 15.1. The molecule has 6 nitrogen and oxygen atoms in total. The Balaban J connectivity index is 1.29. The van der Waals surface area contributed by atoms with Crippen LogP contribution < -0.4 is 10.6 Å². The summed E-state index contributed by atoms with van der Waals surface area (Å²) in [5, 5.41) is 7.18. The van der Waals surface area contributed by atoms with Crippen LogP contribution in [0.5, 0.6) is 0 Å². The number of anilines is 2. The molecule has 0 radical (unpaired) electrons. The van der Waals surface area contributed by atoms with E-state index in [1.807, 2.05) is 30.3 Å². The van der Waals surface area contributed by atoms with Crippen molar-refractivity contribution >= 4 is 34.9 Å². The van der Waals surface area contributed by atoms with Gasteiger partial charge < -0.3 is 9.73 Å². The molecule has 0 aliphatic heterocycles. The number of amides is 2. The second kappa shape index (κ2) is 7.03. The smallest absolute Gasteiger partial charge is 0.302 e. The molecule has 2 aromatic carbocycles. The van der Waals surface area contributed by atoms with Gasteiger partial charge in [-0.25, -0.2) is 0 Å². The standard InChI is InChI=1S/C22H15N3O3S/c26-20(18-12-28-22(24-18)25-21(27)19-6-3-9-29-19)23-15-7-8-17-14(11-15)10-13-4-1-2-5-16(13)17/h1-9,11-12H,10H2,(H,23,26)(H,24,25,27). The van der Waals surface area contributed by atoms with Crippen molar-refractivity contribution < 1.29 is 14.0 Å². The number of fused-ring (bicyclic) bond motifs is 3. The monoisotopic (exact) mass is 401 g/mol. The molecule has 0 unspecified atom stereocenters. The third-order valence-corrected chi connectivity index (χ3v) is 5.62. The highest BCUT2D eigenvalue weighted by Gasteiger charge is 2.19. The molecule has 0 spiro atoms. The summed E-state index contributed by atoms with van der Waals surface area (Å²) in [6.07, 6.45) is 2.07.